The van der Waals surface area contributed by atoms with Crippen molar-refractivity contribution in [2.75, 3.05) is 31.6 Å². The second-order valence-corrected chi connectivity index (χ2v) is 6.55. The van der Waals surface area contributed by atoms with Crippen molar-refractivity contribution in [3.63, 3.8) is 0 Å². The molecule has 1 aliphatic rings. The van der Waals surface area contributed by atoms with E-state index in [1.807, 2.05) is 30.3 Å². The van der Waals surface area contributed by atoms with Gasteiger partial charge in [0.25, 0.3) is 5.91 Å². The van der Waals surface area contributed by atoms with E-state index < -0.39 is 0 Å². The predicted molar refractivity (Wildman–Crippen MR) is 105 cm³/mol. The molecule has 142 valence electrons. The fraction of sp³-hybridized carbons (Fsp3) is 0.333. The lowest BCUT2D eigenvalue weighted by Crippen LogP contribution is -2.43. The number of carbonyl (C=O) groups excluding carboxylic acids is 2. The van der Waals surface area contributed by atoms with E-state index in [-0.39, 0.29) is 17.9 Å². The van der Waals surface area contributed by atoms with Gasteiger partial charge in [-0.05, 0) is 36.2 Å². The molecule has 2 amide bonds. The number of nitrogens with one attached hydrogen (secondary N) is 3. The zero-order chi connectivity index (χ0) is 18.9. The second-order valence-electron chi connectivity index (χ2n) is 6.55. The van der Waals surface area contributed by atoms with Gasteiger partial charge in [-0.15, -0.1) is 0 Å². The summed E-state index contributed by atoms with van der Waals surface area (Å²) in [6, 6.07) is 17.0. The van der Waals surface area contributed by atoms with Gasteiger partial charge in [-0.1, -0.05) is 30.3 Å². The average Bonchev–Trinajstić information content (AvgIpc) is 2.70. The predicted octanol–water partition coefficient (Wildman–Crippen LogP) is 1.98. The molecule has 1 heterocycles. The van der Waals surface area contributed by atoms with Gasteiger partial charge >= 0.3 is 0 Å². The number of amides is 2. The molecule has 2 aromatic carbocycles. The average molecular weight is 367 g/mol. The Hall–Kier alpha value is -2.70. The number of morpholine rings is 1. The third-order valence-corrected chi connectivity index (χ3v) is 4.40. The van der Waals surface area contributed by atoms with Crippen molar-refractivity contribution >= 4 is 17.5 Å². The van der Waals surface area contributed by atoms with Gasteiger partial charge in [0.15, 0.2) is 0 Å². The highest BCUT2D eigenvalue weighted by Gasteiger charge is 2.17. The fourth-order valence-electron chi connectivity index (χ4n) is 2.96. The van der Waals surface area contributed by atoms with Crippen LogP contribution >= 0.6 is 0 Å². The van der Waals surface area contributed by atoms with E-state index in [1.165, 1.54) is 5.56 Å². The van der Waals surface area contributed by atoms with Crippen molar-refractivity contribution in [3.05, 3.63) is 65.7 Å². The van der Waals surface area contributed by atoms with E-state index in [2.05, 4.69) is 16.0 Å². The van der Waals surface area contributed by atoms with Crippen LogP contribution in [0.15, 0.2) is 54.6 Å². The molecule has 0 aliphatic carbocycles. The summed E-state index contributed by atoms with van der Waals surface area (Å²) < 4.78 is 5.35. The summed E-state index contributed by atoms with van der Waals surface area (Å²) in [6.07, 6.45) is 1.15. The second kappa shape index (κ2) is 9.85. The Morgan fingerprint density at radius 2 is 1.85 bits per heavy atom. The minimum Gasteiger partial charge on any atom is -0.378 e. The maximum Gasteiger partial charge on any atom is 0.251 e. The van der Waals surface area contributed by atoms with E-state index in [1.54, 1.807) is 24.3 Å². The first-order valence-electron chi connectivity index (χ1n) is 9.24. The van der Waals surface area contributed by atoms with Crippen LogP contribution in [0.2, 0.25) is 0 Å². The van der Waals surface area contributed by atoms with Crippen LogP contribution in [0.1, 0.15) is 22.3 Å². The number of benzene rings is 2. The van der Waals surface area contributed by atoms with Crippen molar-refractivity contribution in [3.8, 4) is 0 Å². The van der Waals surface area contributed by atoms with Crippen molar-refractivity contribution in [2.45, 2.75) is 18.9 Å². The molecule has 0 radical (unpaired) electrons. The third-order valence-electron chi connectivity index (χ3n) is 4.40. The molecule has 1 atom stereocenters. The van der Waals surface area contributed by atoms with Crippen molar-refractivity contribution in [1.82, 2.24) is 10.6 Å². The Morgan fingerprint density at radius 3 is 2.56 bits per heavy atom. The van der Waals surface area contributed by atoms with Gasteiger partial charge in [-0.25, -0.2) is 0 Å². The van der Waals surface area contributed by atoms with Gasteiger partial charge in [0.2, 0.25) is 5.91 Å². The molecule has 6 heteroatoms. The van der Waals surface area contributed by atoms with Gasteiger partial charge < -0.3 is 20.7 Å². The molecule has 1 unspecified atom stereocenters. The fourth-order valence-corrected chi connectivity index (χ4v) is 2.96. The number of ether oxygens (including phenoxy) is 1. The number of hydrogen-bond donors (Lipinski definition) is 3. The highest BCUT2D eigenvalue weighted by Crippen LogP contribution is 2.11. The zero-order valence-electron chi connectivity index (χ0n) is 15.2. The van der Waals surface area contributed by atoms with E-state index in [4.69, 9.17) is 4.74 Å². The monoisotopic (exact) mass is 367 g/mol. The molecule has 0 spiro atoms. The summed E-state index contributed by atoms with van der Waals surface area (Å²) in [5, 5.41) is 9.02. The van der Waals surface area contributed by atoms with Gasteiger partial charge in [0, 0.05) is 36.8 Å². The Bertz CT molecular complexity index is 741. The molecular weight excluding hydrogens is 342 g/mol. The van der Waals surface area contributed by atoms with Crippen molar-refractivity contribution < 1.29 is 14.3 Å². The van der Waals surface area contributed by atoms with Crippen LogP contribution < -0.4 is 16.0 Å². The number of carbonyl (C=O) groups is 2. The van der Waals surface area contributed by atoms with Crippen LogP contribution in [0.25, 0.3) is 0 Å². The lowest BCUT2D eigenvalue weighted by atomic mass is 10.1. The van der Waals surface area contributed by atoms with Gasteiger partial charge in [-0.3, -0.25) is 9.59 Å². The first-order valence-corrected chi connectivity index (χ1v) is 9.24. The lowest BCUT2D eigenvalue weighted by molar-refractivity contribution is -0.117. The maximum absolute atomic E-state index is 12.2. The molecule has 27 heavy (non-hydrogen) atoms. The van der Waals surface area contributed by atoms with Gasteiger partial charge in [0.1, 0.15) is 0 Å². The summed E-state index contributed by atoms with van der Waals surface area (Å²) in [4.78, 5) is 24.3. The maximum atomic E-state index is 12.2. The molecule has 0 aromatic heterocycles. The van der Waals surface area contributed by atoms with Gasteiger partial charge in [0.05, 0.1) is 13.2 Å². The molecule has 1 saturated heterocycles. The third kappa shape index (κ3) is 6.20. The van der Waals surface area contributed by atoms with Gasteiger partial charge in [-0.2, -0.15) is 0 Å². The number of anilines is 1. The van der Waals surface area contributed by atoms with Crippen LogP contribution in [0.4, 0.5) is 5.69 Å². The topological polar surface area (TPSA) is 79.5 Å². The minimum absolute atomic E-state index is 0.0495. The van der Waals surface area contributed by atoms with Crippen LogP contribution in [0.3, 0.4) is 0 Å². The van der Waals surface area contributed by atoms with Crippen molar-refractivity contribution in [2.24, 2.45) is 0 Å². The van der Waals surface area contributed by atoms with Crippen LogP contribution in [-0.4, -0.2) is 44.2 Å². The summed E-state index contributed by atoms with van der Waals surface area (Å²) in [5.41, 5.74) is 2.44. The highest BCUT2D eigenvalue weighted by atomic mass is 16.5. The SMILES string of the molecule is O=C(CC1COCCN1)Nc1ccc(C(=O)NCCc2ccccc2)cc1. The Balaban J connectivity index is 1.43. The molecule has 0 bridgehead atoms. The van der Waals surface area contributed by atoms with Crippen LogP contribution in [-0.2, 0) is 16.0 Å². The van der Waals surface area contributed by atoms with E-state index in [0.717, 1.165) is 13.0 Å². The molecule has 0 saturated carbocycles. The molecule has 3 N–H and O–H groups in total. The largest absolute Gasteiger partial charge is 0.378 e. The highest BCUT2D eigenvalue weighted by molar-refractivity contribution is 5.95. The minimum atomic E-state index is -0.118. The van der Waals surface area contributed by atoms with E-state index >= 15 is 0 Å². The van der Waals surface area contributed by atoms with Crippen LogP contribution in [0.5, 0.6) is 0 Å². The first-order chi connectivity index (χ1) is 13.2. The smallest absolute Gasteiger partial charge is 0.251 e. The first kappa shape index (κ1) is 19.1. The number of rotatable bonds is 7. The van der Waals surface area contributed by atoms with E-state index in [9.17, 15) is 9.59 Å². The Kier molecular flexibility index (Phi) is 6.96. The summed E-state index contributed by atoms with van der Waals surface area (Å²) in [5.74, 6) is -0.189. The quantitative estimate of drug-likeness (QED) is 0.699. The molecule has 6 nitrogen and oxygen atoms in total. The standard InChI is InChI=1S/C21H25N3O3/c25-20(14-19-15-27-13-12-22-19)24-18-8-6-17(7-9-18)21(26)23-11-10-16-4-2-1-3-5-16/h1-9,19,22H,10-15H2,(H,23,26)(H,24,25). The summed E-state index contributed by atoms with van der Waals surface area (Å²) >= 11 is 0. The lowest BCUT2D eigenvalue weighted by Gasteiger charge is -2.23. The molecule has 1 fully saturated rings. The summed E-state index contributed by atoms with van der Waals surface area (Å²) in [7, 11) is 0. The zero-order valence-corrected chi connectivity index (χ0v) is 15.2. The molecular formula is C21H25N3O3. The molecule has 3 rings (SSSR count). The molecule has 1 aliphatic heterocycles. The Labute approximate surface area is 159 Å². The van der Waals surface area contributed by atoms with Crippen LogP contribution in [0, 0.1) is 0 Å². The molecule has 2 aromatic rings. The van der Waals surface area contributed by atoms with Crippen molar-refractivity contribution in [1.29, 1.82) is 0 Å². The number of hydrogen-bond acceptors (Lipinski definition) is 4. The summed E-state index contributed by atoms with van der Waals surface area (Å²) in [6.45, 7) is 2.59. The Morgan fingerprint density at radius 1 is 1.07 bits per heavy atom. The van der Waals surface area contributed by atoms with E-state index in [0.29, 0.717) is 37.4 Å². The normalized spacial score (nSPS) is 16.5.